The summed E-state index contributed by atoms with van der Waals surface area (Å²) in [5.74, 6) is 0.671. The van der Waals surface area contributed by atoms with Crippen LogP contribution < -0.4 is 10.6 Å². The lowest BCUT2D eigenvalue weighted by atomic mass is 10.1. The molecule has 0 aromatic heterocycles. The summed E-state index contributed by atoms with van der Waals surface area (Å²) in [5, 5.41) is 0.705. The van der Waals surface area contributed by atoms with Crippen molar-refractivity contribution < 1.29 is 0 Å². The molecule has 2 nitrogen and oxygen atoms in total. The Morgan fingerprint density at radius 2 is 2.12 bits per heavy atom. The van der Waals surface area contributed by atoms with Crippen LogP contribution in [0.4, 0.5) is 5.69 Å². The summed E-state index contributed by atoms with van der Waals surface area (Å²) in [6.45, 7) is 5.38. The molecule has 0 saturated heterocycles. The minimum Gasteiger partial charge on any atom is -0.389 e. The summed E-state index contributed by atoms with van der Waals surface area (Å²) in [4.78, 5) is 2.56. The van der Waals surface area contributed by atoms with Crippen LogP contribution in [-0.4, -0.2) is 18.6 Å². The Balaban J connectivity index is 2.94. The van der Waals surface area contributed by atoms with Gasteiger partial charge >= 0.3 is 0 Å². The van der Waals surface area contributed by atoms with Gasteiger partial charge in [0.15, 0.2) is 0 Å². The zero-order chi connectivity index (χ0) is 13.0. The van der Waals surface area contributed by atoms with Gasteiger partial charge in [-0.05, 0) is 30.5 Å². The SMILES string of the molecule is CC(C)CCN(C)c1cc(Cl)ccc1C(N)=S. The topological polar surface area (TPSA) is 29.3 Å². The molecule has 17 heavy (non-hydrogen) atoms. The molecule has 0 aliphatic rings. The van der Waals surface area contributed by atoms with Crippen LogP contribution in [0.2, 0.25) is 5.02 Å². The zero-order valence-electron chi connectivity index (χ0n) is 10.5. The zero-order valence-corrected chi connectivity index (χ0v) is 12.1. The Bertz CT molecular complexity index is 404. The highest BCUT2D eigenvalue weighted by atomic mass is 35.5. The Hall–Kier alpha value is -0.800. The molecule has 4 heteroatoms. The van der Waals surface area contributed by atoms with Gasteiger partial charge in [0.05, 0.1) is 0 Å². The fraction of sp³-hybridized carbons (Fsp3) is 0.462. The van der Waals surface area contributed by atoms with Crippen LogP contribution in [0.5, 0.6) is 0 Å². The second-order valence-electron chi connectivity index (χ2n) is 4.63. The number of hydrogen-bond donors (Lipinski definition) is 1. The third-order valence-corrected chi connectivity index (χ3v) is 3.13. The van der Waals surface area contributed by atoms with Crippen molar-refractivity contribution in [1.29, 1.82) is 0 Å². The van der Waals surface area contributed by atoms with Gasteiger partial charge in [0, 0.05) is 29.9 Å². The monoisotopic (exact) mass is 270 g/mol. The summed E-state index contributed by atoms with van der Waals surface area (Å²) < 4.78 is 0. The first-order chi connectivity index (χ1) is 7.91. The van der Waals surface area contributed by atoms with Gasteiger partial charge in [0.25, 0.3) is 0 Å². The fourth-order valence-electron chi connectivity index (χ4n) is 1.60. The highest BCUT2D eigenvalue weighted by molar-refractivity contribution is 7.80. The number of anilines is 1. The summed E-state index contributed by atoms with van der Waals surface area (Å²) in [5.41, 5.74) is 7.61. The molecule has 1 rings (SSSR count). The standard InChI is InChI=1S/C13H19ClN2S/c1-9(2)6-7-16(3)12-8-10(14)4-5-11(12)13(15)17/h4-5,8-9H,6-7H2,1-3H3,(H2,15,17). The predicted molar refractivity (Wildman–Crippen MR) is 80.1 cm³/mol. The molecule has 1 aromatic rings. The molecule has 0 fully saturated rings. The van der Waals surface area contributed by atoms with Crippen LogP contribution >= 0.6 is 23.8 Å². The number of halogens is 1. The predicted octanol–water partition coefficient (Wildman–Crippen LogP) is 3.46. The molecule has 2 N–H and O–H groups in total. The lowest BCUT2D eigenvalue weighted by Crippen LogP contribution is -2.23. The van der Waals surface area contributed by atoms with Crippen LogP contribution in [0.25, 0.3) is 0 Å². The number of thiocarbonyl (C=S) groups is 1. The maximum absolute atomic E-state index is 6.02. The van der Waals surface area contributed by atoms with Crippen LogP contribution in [0.3, 0.4) is 0 Å². The molecule has 0 saturated carbocycles. The van der Waals surface area contributed by atoms with Gasteiger partial charge in [-0.1, -0.05) is 37.7 Å². The molecule has 0 atom stereocenters. The van der Waals surface area contributed by atoms with Gasteiger partial charge in [-0.3, -0.25) is 0 Å². The molecule has 0 bridgehead atoms. The lowest BCUT2D eigenvalue weighted by Gasteiger charge is -2.23. The second kappa shape index (κ2) is 6.22. The van der Waals surface area contributed by atoms with E-state index in [-0.39, 0.29) is 0 Å². The van der Waals surface area contributed by atoms with Gasteiger partial charge in [-0.2, -0.15) is 0 Å². The molecule has 0 heterocycles. The smallest absolute Gasteiger partial charge is 0.106 e. The number of nitrogens with zero attached hydrogens (tertiary/aromatic N) is 1. The Kier molecular flexibility index (Phi) is 5.22. The third kappa shape index (κ3) is 4.17. The van der Waals surface area contributed by atoms with Crippen LogP contribution in [-0.2, 0) is 0 Å². The number of rotatable bonds is 5. The third-order valence-electron chi connectivity index (χ3n) is 2.68. The summed E-state index contributed by atoms with van der Waals surface area (Å²) in [6.07, 6.45) is 1.12. The van der Waals surface area contributed by atoms with Gasteiger partial charge in [0.1, 0.15) is 4.99 Å². The highest BCUT2D eigenvalue weighted by Gasteiger charge is 2.10. The molecule has 94 valence electrons. The average Bonchev–Trinajstić information content (AvgIpc) is 2.25. The van der Waals surface area contributed by atoms with E-state index in [4.69, 9.17) is 29.6 Å². The van der Waals surface area contributed by atoms with Crippen LogP contribution in [0, 0.1) is 5.92 Å². The van der Waals surface area contributed by atoms with E-state index in [2.05, 4.69) is 18.7 Å². The van der Waals surface area contributed by atoms with E-state index in [0.717, 1.165) is 24.2 Å². The van der Waals surface area contributed by atoms with Crippen molar-refractivity contribution in [3.8, 4) is 0 Å². The molecular weight excluding hydrogens is 252 g/mol. The number of hydrogen-bond acceptors (Lipinski definition) is 2. The number of nitrogens with two attached hydrogens (primary N) is 1. The summed E-state index contributed by atoms with van der Waals surface area (Å²) in [6, 6.07) is 5.61. The molecule has 0 aliphatic heterocycles. The number of benzene rings is 1. The van der Waals surface area contributed by atoms with Crippen molar-refractivity contribution >= 4 is 34.5 Å². The maximum Gasteiger partial charge on any atom is 0.106 e. The van der Waals surface area contributed by atoms with Crippen LogP contribution in [0.1, 0.15) is 25.8 Å². The average molecular weight is 271 g/mol. The molecule has 0 radical (unpaired) electrons. The molecule has 0 unspecified atom stereocenters. The van der Waals surface area contributed by atoms with E-state index in [0.29, 0.717) is 15.9 Å². The Labute approximate surface area is 114 Å². The molecule has 0 amide bonds. The quantitative estimate of drug-likeness (QED) is 0.831. The van der Waals surface area contributed by atoms with Gasteiger partial charge in [-0.25, -0.2) is 0 Å². The molecule has 0 spiro atoms. The minimum atomic E-state index is 0.410. The summed E-state index contributed by atoms with van der Waals surface area (Å²) >= 11 is 11.1. The van der Waals surface area contributed by atoms with E-state index in [9.17, 15) is 0 Å². The van der Waals surface area contributed by atoms with Gasteiger partial charge in [0.2, 0.25) is 0 Å². The normalized spacial score (nSPS) is 10.6. The van der Waals surface area contributed by atoms with E-state index in [1.165, 1.54) is 0 Å². The van der Waals surface area contributed by atoms with E-state index in [1.807, 2.05) is 25.2 Å². The fourth-order valence-corrected chi connectivity index (χ4v) is 1.94. The van der Waals surface area contributed by atoms with Gasteiger partial charge in [-0.15, -0.1) is 0 Å². The Morgan fingerprint density at radius 1 is 1.47 bits per heavy atom. The largest absolute Gasteiger partial charge is 0.389 e. The van der Waals surface area contributed by atoms with Crippen molar-refractivity contribution in [2.45, 2.75) is 20.3 Å². The first kappa shape index (κ1) is 14.3. The van der Waals surface area contributed by atoms with E-state index < -0.39 is 0 Å². The van der Waals surface area contributed by atoms with E-state index in [1.54, 1.807) is 0 Å². The molecular formula is C13H19ClN2S. The maximum atomic E-state index is 6.02. The minimum absolute atomic E-state index is 0.410. The van der Waals surface area contributed by atoms with Crippen molar-refractivity contribution in [3.63, 3.8) is 0 Å². The van der Waals surface area contributed by atoms with E-state index >= 15 is 0 Å². The van der Waals surface area contributed by atoms with Crippen molar-refractivity contribution in [2.24, 2.45) is 11.7 Å². The van der Waals surface area contributed by atoms with Crippen molar-refractivity contribution in [3.05, 3.63) is 28.8 Å². The first-order valence-electron chi connectivity index (χ1n) is 5.72. The molecule has 0 aliphatic carbocycles. The molecule has 1 aromatic carbocycles. The first-order valence-corrected chi connectivity index (χ1v) is 6.51. The van der Waals surface area contributed by atoms with Crippen molar-refractivity contribution in [2.75, 3.05) is 18.5 Å². The van der Waals surface area contributed by atoms with Crippen LogP contribution in [0.15, 0.2) is 18.2 Å². The second-order valence-corrected chi connectivity index (χ2v) is 5.51. The summed E-state index contributed by atoms with van der Waals surface area (Å²) in [7, 11) is 2.04. The van der Waals surface area contributed by atoms with Gasteiger partial charge < -0.3 is 10.6 Å². The Morgan fingerprint density at radius 3 is 2.65 bits per heavy atom. The highest BCUT2D eigenvalue weighted by Crippen LogP contribution is 2.24. The van der Waals surface area contributed by atoms with Crippen molar-refractivity contribution in [1.82, 2.24) is 0 Å². The lowest BCUT2D eigenvalue weighted by molar-refractivity contribution is 0.585.